The Balaban J connectivity index is 2.04. The van der Waals surface area contributed by atoms with E-state index in [1.54, 1.807) is 6.33 Å². The number of rotatable bonds is 3. The van der Waals surface area contributed by atoms with Crippen molar-refractivity contribution in [2.75, 3.05) is 11.9 Å². The van der Waals surface area contributed by atoms with Crippen LogP contribution in [0.2, 0.25) is 5.32 Å². The van der Waals surface area contributed by atoms with Gasteiger partial charge in [-0.15, -0.1) is 0 Å². The van der Waals surface area contributed by atoms with Crippen molar-refractivity contribution >= 4 is 31.9 Å². The third-order valence-electron chi connectivity index (χ3n) is 3.10. The number of anilines is 1. The predicted molar refractivity (Wildman–Crippen MR) is 71.1 cm³/mol. The van der Waals surface area contributed by atoms with Crippen molar-refractivity contribution in [3.05, 3.63) is 12.7 Å². The van der Waals surface area contributed by atoms with E-state index < -0.39 is 12.2 Å². The van der Waals surface area contributed by atoms with Gasteiger partial charge in [0.05, 0.1) is 0 Å². The molecule has 8 heteroatoms. The number of aliphatic hydroxyl groups is 2. The van der Waals surface area contributed by atoms with Gasteiger partial charge in [-0.3, -0.25) is 0 Å². The number of nitrogens with zero attached hydrogens (tertiary/aromatic N) is 4. The quantitative estimate of drug-likeness (QED) is 0.665. The Kier molecular flexibility index (Phi) is 3.40. The van der Waals surface area contributed by atoms with E-state index in [0.29, 0.717) is 22.3 Å². The molecule has 2 aromatic rings. The Morgan fingerprint density at radius 1 is 1.42 bits per heavy atom. The molecule has 0 saturated carbocycles. The second-order valence-corrected chi connectivity index (χ2v) is 6.77. The Morgan fingerprint density at radius 3 is 2.95 bits per heavy atom. The summed E-state index contributed by atoms with van der Waals surface area (Å²) in [5.41, 5.74) is 1.40. The molecule has 1 aliphatic heterocycles. The van der Waals surface area contributed by atoms with Crippen molar-refractivity contribution < 1.29 is 10.2 Å². The molecule has 0 amide bonds. The van der Waals surface area contributed by atoms with E-state index in [-0.39, 0.29) is 19.9 Å². The number of nitrogens with one attached hydrogen (secondary N) is 1. The summed E-state index contributed by atoms with van der Waals surface area (Å²) in [7, 11) is 0. The maximum absolute atomic E-state index is 10.0. The maximum atomic E-state index is 10.0. The van der Waals surface area contributed by atoms with Crippen LogP contribution in [0.4, 0.5) is 5.82 Å². The predicted octanol–water partition coefficient (Wildman–Crippen LogP) is -0.385. The number of aliphatic hydroxyl groups excluding tert-OH is 2. The molecule has 3 N–H and O–H groups in total. The number of imidazole rings is 1. The van der Waals surface area contributed by atoms with Gasteiger partial charge in [0.25, 0.3) is 0 Å². The summed E-state index contributed by atoms with van der Waals surface area (Å²) >= 11 is 0.135. The first-order chi connectivity index (χ1) is 9.22. The van der Waals surface area contributed by atoms with Crippen molar-refractivity contribution in [3.63, 3.8) is 0 Å². The molecule has 0 bridgehead atoms. The Hall–Kier alpha value is -1.21. The molecule has 102 valence electrons. The van der Waals surface area contributed by atoms with Crippen LogP contribution >= 0.6 is 0 Å². The normalized spacial score (nSPS) is 27.0. The van der Waals surface area contributed by atoms with Gasteiger partial charge in [-0.05, 0) is 0 Å². The van der Waals surface area contributed by atoms with Crippen LogP contribution in [0.1, 0.15) is 11.9 Å². The van der Waals surface area contributed by atoms with Gasteiger partial charge >= 0.3 is 116 Å². The summed E-state index contributed by atoms with van der Waals surface area (Å²) in [4.78, 5) is 12.6. The first kappa shape index (κ1) is 12.8. The van der Waals surface area contributed by atoms with Gasteiger partial charge in [0.1, 0.15) is 0 Å². The summed E-state index contributed by atoms with van der Waals surface area (Å²) in [5.74, 6) is 0.701. The Labute approximate surface area is 116 Å². The molecule has 0 unspecified atom stereocenters. The van der Waals surface area contributed by atoms with Gasteiger partial charge in [0.2, 0.25) is 0 Å². The number of aromatic nitrogens is 4. The molecular weight excluding hydrogens is 313 g/mol. The van der Waals surface area contributed by atoms with Gasteiger partial charge in [-0.25, -0.2) is 0 Å². The molecule has 1 fully saturated rings. The SMILES string of the molecule is CCNc1ncnc2c1ncn2[C@@H]1[Se]C[C@@H](O)[C@H]1O. The summed E-state index contributed by atoms with van der Waals surface area (Å²) in [6.07, 6.45) is 1.78. The monoisotopic (exact) mass is 329 g/mol. The van der Waals surface area contributed by atoms with Crippen LogP contribution in [0.3, 0.4) is 0 Å². The first-order valence-corrected chi connectivity index (χ1v) is 8.31. The van der Waals surface area contributed by atoms with Gasteiger partial charge in [-0.1, -0.05) is 0 Å². The number of hydrogen-bond acceptors (Lipinski definition) is 6. The van der Waals surface area contributed by atoms with Gasteiger partial charge in [0, 0.05) is 0 Å². The van der Waals surface area contributed by atoms with E-state index in [4.69, 9.17) is 0 Å². The molecule has 0 aliphatic carbocycles. The van der Waals surface area contributed by atoms with Crippen molar-refractivity contribution in [3.8, 4) is 0 Å². The van der Waals surface area contributed by atoms with Crippen LogP contribution in [-0.4, -0.2) is 63.4 Å². The molecule has 3 heterocycles. The Morgan fingerprint density at radius 2 is 2.26 bits per heavy atom. The van der Waals surface area contributed by atoms with E-state index in [9.17, 15) is 10.2 Å². The number of fused-ring (bicyclic) bond motifs is 1. The molecule has 7 nitrogen and oxygen atoms in total. The van der Waals surface area contributed by atoms with E-state index >= 15 is 0 Å². The average molecular weight is 328 g/mol. The minimum atomic E-state index is -0.741. The molecule has 0 spiro atoms. The van der Waals surface area contributed by atoms with E-state index in [2.05, 4.69) is 20.3 Å². The average Bonchev–Trinajstić information content (AvgIpc) is 2.96. The molecule has 3 rings (SSSR count). The Bertz CT molecular complexity index is 589. The summed E-state index contributed by atoms with van der Waals surface area (Å²) < 4.78 is 1.86. The summed E-state index contributed by atoms with van der Waals surface area (Å²) in [6.45, 7) is 2.75. The van der Waals surface area contributed by atoms with Crippen LogP contribution in [0.15, 0.2) is 12.7 Å². The standard InChI is InChI=1S/C11H15N5O2Se/c1-2-12-9-7-10(14-4-13-9)16(5-15-7)11-8(18)6(17)3-19-11/h4-6,8,11,17-18H,2-3H2,1H3,(H,12,13,14)/t6-,8-,11-/m1/s1. The zero-order chi connectivity index (χ0) is 13.4. The van der Waals surface area contributed by atoms with Gasteiger partial charge in [0.15, 0.2) is 0 Å². The zero-order valence-corrected chi connectivity index (χ0v) is 12.1. The fraction of sp³-hybridized carbons (Fsp3) is 0.545. The third kappa shape index (κ3) is 2.10. The number of hydrogen-bond donors (Lipinski definition) is 3. The second kappa shape index (κ2) is 5.05. The minimum absolute atomic E-state index is 0.114. The van der Waals surface area contributed by atoms with Crippen molar-refractivity contribution in [2.24, 2.45) is 0 Å². The van der Waals surface area contributed by atoms with Crippen molar-refractivity contribution in [1.82, 2.24) is 19.5 Å². The molecule has 2 aromatic heterocycles. The molecule has 3 atom stereocenters. The van der Waals surface area contributed by atoms with Crippen molar-refractivity contribution in [1.29, 1.82) is 0 Å². The topological polar surface area (TPSA) is 96.1 Å². The molecular formula is C11H15N5O2Se. The second-order valence-electron chi connectivity index (χ2n) is 4.36. The fourth-order valence-electron chi connectivity index (χ4n) is 2.16. The zero-order valence-electron chi connectivity index (χ0n) is 10.4. The third-order valence-corrected chi connectivity index (χ3v) is 6.00. The molecule has 19 heavy (non-hydrogen) atoms. The molecule has 0 aromatic carbocycles. The van der Waals surface area contributed by atoms with E-state index in [0.717, 1.165) is 6.54 Å². The van der Waals surface area contributed by atoms with Crippen LogP contribution in [0.5, 0.6) is 0 Å². The van der Waals surface area contributed by atoms with Gasteiger partial charge in [-0.2, -0.15) is 0 Å². The van der Waals surface area contributed by atoms with E-state index in [1.165, 1.54) is 6.33 Å². The van der Waals surface area contributed by atoms with Crippen LogP contribution in [0, 0.1) is 0 Å². The first-order valence-electron chi connectivity index (χ1n) is 6.11. The van der Waals surface area contributed by atoms with Crippen LogP contribution < -0.4 is 5.32 Å². The van der Waals surface area contributed by atoms with Crippen LogP contribution in [0.25, 0.3) is 11.2 Å². The summed E-state index contributed by atoms with van der Waals surface area (Å²) in [5, 5.41) is 23.5. The van der Waals surface area contributed by atoms with E-state index in [1.807, 2.05) is 11.5 Å². The summed E-state index contributed by atoms with van der Waals surface area (Å²) in [6, 6.07) is 0. The van der Waals surface area contributed by atoms with Gasteiger partial charge < -0.3 is 0 Å². The molecule has 0 radical (unpaired) electrons. The molecule has 1 saturated heterocycles. The fourth-order valence-corrected chi connectivity index (χ4v) is 4.86. The van der Waals surface area contributed by atoms with Crippen molar-refractivity contribution in [2.45, 2.75) is 29.4 Å². The molecule has 1 aliphatic rings. The van der Waals surface area contributed by atoms with Crippen LogP contribution in [-0.2, 0) is 0 Å².